The number of rotatable bonds is 0. The highest BCUT2D eigenvalue weighted by Gasteiger charge is 2.17. The Kier molecular flexibility index (Phi) is 2.01. The molecule has 1 aromatic carbocycles. The quantitative estimate of drug-likeness (QED) is 0.641. The first kappa shape index (κ1) is 8.95. The van der Waals surface area contributed by atoms with E-state index in [4.69, 9.17) is 21.1 Å². The summed E-state index contributed by atoms with van der Waals surface area (Å²) in [6.07, 6.45) is 0. The van der Waals surface area contributed by atoms with E-state index in [1.807, 2.05) is 24.3 Å². The summed E-state index contributed by atoms with van der Waals surface area (Å²) in [7, 11) is 0. The first-order valence-electron chi connectivity index (χ1n) is 4.64. The predicted octanol–water partition coefficient (Wildman–Crippen LogP) is 2.75. The second-order valence-electron chi connectivity index (χ2n) is 3.33. The summed E-state index contributed by atoms with van der Waals surface area (Å²) < 4.78 is 10.6. The Bertz CT molecular complexity index is 527. The van der Waals surface area contributed by atoms with E-state index in [0.717, 1.165) is 22.2 Å². The molecule has 0 bridgehead atoms. The van der Waals surface area contributed by atoms with Crippen LogP contribution in [-0.4, -0.2) is 11.8 Å². The lowest BCUT2D eigenvalue weighted by Gasteiger charge is -2.18. The molecular formula is C11H8ClNO2. The molecule has 0 saturated carbocycles. The van der Waals surface area contributed by atoms with Crippen LogP contribution < -0.4 is 4.74 Å². The molecule has 4 heteroatoms. The Hall–Kier alpha value is -1.32. The molecule has 1 aromatic heterocycles. The topological polar surface area (TPSA) is 31.4 Å². The van der Waals surface area contributed by atoms with Crippen molar-refractivity contribution >= 4 is 22.4 Å². The van der Waals surface area contributed by atoms with Crippen molar-refractivity contribution in [2.75, 3.05) is 6.79 Å². The van der Waals surface area contributed by atoms with Crippen molar-refractivity contribution < 1.29 is 9.47 Å². The number of benzene rings is 1. The van der Waals surface area contributed by atoms with Gasteiger partial charge in [0, 0.05) is 10.8 Å². The van der Waals surface area contributed by atoms with E-state index < -0.39 is 0 Å². The molecule has 0 fully saturated rings. The van der Waals surface area contributed by atoms with E-state index in [1.165, 1.54) is 0 Å². The fourth-order valence-corrected chi connectivity index (χ4v) is 2.01. The van der Waals surface area contributed by atoms with Crippen molar-refractivity contribution in [1.29, 1.82) is 0 Å². The van der Waals surface area contributed by atoms with Crippen LogP contribution in [0, 0.1) is 0 Å². The number of halogens is 1. The lowest BCUT2D eigenvalue weighted by molar-refractivity contribution is -0.0175. The van der Waals surface area contributed by atoms with Crippen LogP contribution in [0.5, 0.6) is 5.75 Å². The lowest BCUT2D eigenvalue weighted by Crippen LogP contribution is -2.13. The third-order valence-electron chi connectivity index (χ3n) is 2.41. The van der Waals surface area contributed by atoms with Crippen LogP contribution in [0.15, 0.2) is 24.3 Å². The Balaban J connectivity index is 2.39. The second-order valence-corrected chi connectivity index (χ2v) is 3.69. The monoisotopic (exact) mass is 221 g/mol. The molecule has 76 valence electrons. The Morgan fingerprint density at radius 1 is 1.20 bits per heavy atom. The van der Waals surface area contributed by atoms with Gasteiger partial charge in [-0.1, -0.05) is 35.9 Å². The molecule has 0 radical (unpaired) electrons. The van der Waals surface area contributed by atoms with Gasteiger partial charge in [0.25, 0.3) is 0 Å². The smallest absolute Gasteiger partial charge is 0.189 e. The van der Waals surface area contributed by atoms with Gasteiger partial charge in [-0.3, -0.25) is 0 Å². The summed E-state index contributed by atoms with van der Waals surface area (Å²) in [6.45, 7) is 0.736. The summed E-state index contributed by atoms with van der Waals surface area (Å²) in [5.41, 5.74) is 0.768. The third kappa shape index (κ3) is 1.35. The van der Waals surface area contributed by atoms with Gasteiger partial charge in [-0.2, -0.15) is 0 Å². The van der Waals surface area contributed by atoms with Crippen molar-refractivity contribution in [2.24, 2.45) is 0 Å². The Labute approximate surface area is 91.6 Å². The highest BCUT2D eigenvalue weighted by molar-refractivity contribution is 6.34. The molecule has 1 aliphatic rings. The molecule has 3 nitrogen and oxygen atoms in total. The zero-order valence-corrected chi connectivity index (χ0v) is 8.62. The van der Waals surface area contributed by atoms with Crippen LogP contribution in [0.25, 0.3) is 10.8 Å². The van der Waals surface area contributed by atoms with E-state index in [1.54, 1.807) is 0 Å². The fraction of sp³-hybridized carbons (Fsp3) is 0.182. The molecule has 2 heterocycles. The summed E-state index contributed by atoms with van der Waals surface area (Å²) in [6, 6.07) is 7.80. The van der Waals surface area contributed by atoms with E-state index in [0.29, 0.717) is 11.8 Å². The average Bonchev–Trinajstić information content (AvgIpc) is 2.30. The molecule has 0 atom stereocenters. The SMILES string of the molecule is Clc1nc2c(c3ccccc13)OCOC2. The molecule has 0 N–H and O–H groups in total. The van der Waals surface area contributed by atoms with E-state index in [9.17, 15) is 0 Å². The van der Waals surface area contributed by atoms with Crippen LogP contribution in [0.4, 0.5) is 0 Å². The Morgan fingerprint density at radius 3 is 2.87 bits per heavy atom. The molecule has 3 rings (SSSR count). The van der Waals surface area contributed by atoms with E-state index >= 15 is 0 Å². The van der Waals surface area contributed by atoms with Gasteiger partial charge in [-0.25, -0.2) is 4.98 Å². The van der Waals surface area contributed by atoms with Gasteiger partial charge in [-0.15, -0.1) is 0 Å². The number of hydrogen-bond acceptors (Lipinski definition) is 3. The second kappa shape index (κ2) is 3.36. The van der Waals surface area contributed by atoms with Crippen molar-refractivity contribution in [1.82, 2.24) is 4.98 Å². The van der Waals surface area contributed by atoms with Crippen LogP contribution in [0.3, 0.4) is 0 Å². The zero-order valence-electron chi connectivity index (χ0n) is 7.87. The first-order valence-corrected chi connectivity index (χ1v) is 5.02. The van der Waals surface area contributed by atoms with Crippen molar-refractivity contribution in [2.45, 2.75) is 6.61 Å². The van der Waals surface area contributed by atoms with Crippen LogP contribution in [0.2, 0.25) is 5.15 Å². The molecule has 2 aromatic rings. The van der Waals surface area contributed by atoms with Gasteiger partial charge in [0.1, 0.15) is 10.8 Å². The maximum Gasteiger partial charge on any atom is 0.189 e. The van der Waals surface area contributed by atoms with Crippen molar-refractivity contribution in [3.05, 3.63) is 35.1 Å². The number of aromatic nitrogens is 1. The third-order valence-corrected chi connectivity index (χ3v) is 2.70. The number of nitrogens with zero attached hydrogens (tertiary/aromatic N) is 1. The first-order chi connectivity index (χ1) is 7.36. The minimum atomic E-state index is 0.278. The van der Waals surface area contributed by atoms with Gasteiger partial charge in [0.15, 0.2) is 12.5 Å². The molecule has 0 aliphatic carbocycles. The summed E-state index contributed by atoms with van der Waals surface area (Å²) in [4.78, 5) is 4.26. The minimum absolute atomic E-state index is 0.278. The molecular weight excluding hydrogens is 214 g/mol. The van der Waals surface area contributed by atoms with Gasteiger partial charge in [0.05, 0.1) is 6.61 Å². The molecule has 1 aliphatic heterocycles. The van der Waals surface area contributed by atoms with Crippen molar-refractivity contribution in [3.8, 4) is 5.75 Å². The lowest BCUT2D eigenvalue weighted by atomic mass is 10.1. The molecule has 0 spiro atoms. The average molecular weight is 222 g/mol. The highest BCUT2D eigenvalue weighted by Crippen LogP contribution is 2.34. The van der Waals surface area contributed by atoms with E-state index in [-0.39, 0.29) is 6.79 Å². The van der Waals surface area contributed by atoms with Crippen LogP contribution in [-0.2, 0) is 11.3 Å². The molecule has 0 unspecified atom stereocenters. The van der Waals surface area contributed by atoms with E-state index in [2.05, 4.69) is 4.98 Å². The normalized spacial score (nSPS) is 14.7. The zero-order chi connectivity index (χ0) is 10.3. The summed E-state index contributed by atoms with van der Waals surface area (Å²) in [5, 5.41) is 2.41. The van der Waals surface area contributed by atoms with Gasteiger partial charge in [-0.05, 0) is 0 Å². The number of hydrogen-bond donors (Lipinski definition) is 0. The minimum Gasteiger partial charge on any atom is -0.465 e. The largest absolute Gasteiger partial charge is 0.465 e. The highest BCUT2D eigenvalue weighted by atomic mass is 35.5. The standard InChI is InChI=1S/C11H8ClNO2/c12-11-8-4-2-1-3-7(8)10-9(13-11)5-14-6-15-10/h1-4H,5-6H2. The predicted molar refractivity (Wildman–Crippen MR) is 57.0 cm³/mol. The fourth-order valence-electron chi connectivity index (χ4n) is 1.74. The maximum absolute atomic E-state index is 6.07. The van der Waals surface area contributed by atoms with Crippen molar-refractivity contribution in [3.63, 3.8) is 0 Å². The number of pyridine rings is 1. The summed E-state index contributed by atoms with van der Waals surface area (Å²) in [5.74, 6) is 0.793. The van der Waals surface area contributed by atoms with Gasteiger partial charge >= 0.3 is 0 Å². The van der Waals surface area contributed by atoms with Crippen LogP contribution >= 0.6 is 11.6 Å². The van der Waals surface area contributed by atoms with Gasteiger partial charge in [0.2, 0.25) is 0 Å². The Morgan fingerprint density at radius 2 is 2.00 bits per heavy atom. The number of ether oxygens (including phenoxy) is 2. The van der Waals surface area contributed by atoms with Gasteiger partial charge < -0.3 is 9.47 Å². The number of fused-ring (bicyclic) bond motifs is 3. The molecule has 0 saturated heterocycles. The van der Waals surface area contributed by atoms with Crippen LogP contribution in [0.1, 0.15) is 5.69 Å². The molecule has 15 heavy (non-hydrogen) atoms. The maximum atomic E-state index is 6.07. The molecule has 0 amide bonds. The summed E-state index contributed by atoms with van der Waals surface area (Å²) >= 11 is 6.07.